The van der Waals surface area contributed by atoms with Crippen LogP contribution in [-0.4, -0.2) is 17.4 Å². The summed E-state index contributed by atoms with van der Waals surface area (Å²) in [5.41, 5.74) is 5.42. The summed E-state index contributed by atoms with van der Waals surface area (Å²) < 4.78 is 0. The first kappa shape index (κ1) is 14.7. The zero-order valence-corrected chi connectivity index (χ0v) is 13.5. The van der Waals surface area contributed by atoms with Crippen molar-refractivity contribution in [1.29, 1.82) is 0 Å². The van der Waals surface area contributed by atoms with Crippen molar-refractivity contribution in [3.8, 4) is 11.1 Å². The van der Waals surface area contributed by atoms with Crippen molar-refractivity contribution < 1.29 is 4.79 Å². The van der Waals surface area contributed by atoms with Crippen LogP contribution in [0.25, 0.3) is 11.1 Å². The van der Waals surface area contributed by atoms with Crippen molar-refractivity contribution in [2.24, 2.45) is 0 Å². The Hall–Kier alpha value is -2.87. The first-order chi connectivity index (χ1) is 11.8. The first-order valence-corrected chi connectivity index (χ1v) is 8.33. The molecule has 3 aromatic carbocycles. The molecule has 1 aliphatic heterocycles. The Labute approximate surface area is 142 Å². The molecule has 4 rings (SSSR count). The Morgan fingerprint density at radius 3 is 2.25 bits per heavy atom. The molecule has 0 aromatic heterocycles. The maximum atomic E-state index is 12.9. The standard InChI is InChI=1S/C22H19NO/c24-22-21-15-20(18-9-5-2-6-10-18)12-11-19(21)13-14-23(22)16-17-7-3-1-4-8-17/h1-12,15H,13-14,16H2. The van der Waals surface area contributed by atoms with Gasteiger partial charge in [0.2, 0.25) is 0 Å². The van der Waals surface area contributed by atoms with E-state index < -0.39 is 0 Å². The van der Waals surface area contributed by atoms with Crippen molar-refractivity contribution in [1.82, 2.24) is 4.90 Å². The summed E-state index contributed by atoms with van der Waals surface area (Å²) in [4.78, 5) is 14.9. The first-order valence-electron chi connectivity index (χ1n) is 8.33. The highest BCUT2D eigenvalue weighted by molar-refractivity contribution is 5.98. The lowest BCUT2D eigenvalue weighted by Crippen LogP contribution is -2.37. The molecule has 1 heterocycles. The minimum Gasteiger partial charge on any atom is -0.334 e. The van der Waals surface area contributed by atoms with Gasteiger partial charge in [0.05, 0.1) is 0 Å². The fourth-order valence-corrected chi connectivity index (χ4v) is 3.29. The van der Waals surface area contributed by atoms with Crippen molar-refractivity contribution in [2.75, 3.05) is 6.54 Å². The Morgan fingerprint density at radius 2 is 1.50 bits per heavy atom. The van der Waals surface area contributed by atoms with Crippen LogP contribution in [0.4, 0.5) is 0 Å². The number of fused-ring (bicyclic) bond motifs is 1. The Bertz CT molecular complexity index is 856. The molecule has 1 aliphatic rings. The van der Waals surface area contributed by atoms with Crippen LogP contribution in [0.3, 0.4) is 0 Å². The number of rotatable bonds is 3. The minimum atomic E-state index is 0.137. The van der Waals surface area contributed by atoms with E-state index in [-0.39, 0.29) is 5.91 Å². The average Bonchev–Trinajstić information content (AvgIpc) is 2.65. The summed E-state index contributed by atoms with van der Waals surface area (Å²) in [5, 5.41) is 0. The number of hydrogen-bond acceptors (Lipinski definition) is 1. The highest BCUT2D eigenvalue weighted by atomic mass is 16.2. The number of carbonyl (C=O) groups excluding carboxylic acids is 1. The average molecular weight is 313 g/mol. The van der Waals surface area contributed by atoms with Crippen LogP contribution in [0.1, 0.15) is 21.5 Å². The van der Waals surface area contributed by atoms with E-state index in [4.69, 9.17) is 0 Å². The van der Waals surface area contributed by atoms with Gasteiger partial charge in [-0.25, -0.2) is 0 Å². The van der Waals surface area contributed by atoms with E-state index in [2.05, 4.69) is 36.4 Å². The van der Waals surface area contributed by atoms with Crippen LogP contribution in [0.15, 0.2) is 78.9 Å². The molecular weight excluding hydrogens is 294 g/mol. The summed E-state index contributed by atoms with van der Waals surface area (Å²) in [6.07, 6.45) is 0.920. The Balaban J connectivity index is 1.64. The highest BCUT2D eigenvalue weighted by Gasteiger charge is 2.24. The topological polar surface area (TPSA) is 20.3 Å². The van der Waals surface area contributed by atoms with Crippen molar-refractivity contribution in [2.45, 2.75) is 13.0 Å². The lowest BCUT2D eigenvalue weighted by Gasteiger charge is -2.29. The predicted octanol–water partition coefficient (Wildman–Crippen LogP) is 4.55. The maximum Gasteiger partial charge on any atom is 0.254 e. The third-order valence-corrected chi connectivity index (χ3v) is 4.60. The number of carbonyl (C=O) groups is 1. The number of nitrogens with zero attached hydrogens (tertiary/aromatic N) is 1. The summed E-state index contributed by atoms with van der Waals surface area (Å²) in [7, 11) is 0. The van der Waals surface area contributed by atoms with Crippen molar-refractivity contribution >= 4 is 5.91 Å². The van der Waals surface area contributed by atoms with Crippen LogP contribution in [0.2, 0.25) is 0 Å². The van der Waals surface area contributed by atoms with Gasteiger partial charge in [-0.2, -0.15) is 0 Å². The second kappa shape index (κ2) is 6.32. The van der Waals surface area contributed by atoms with Gasteiger partial charge < -0.3 is 4.90 Å². The fourth-order valence-electron chi connectivity index (χ4n) is 3.29. The van der Waals surface area contributed by atoms with Gasteiger partial charge in [-0.05, 0) is 34.7 Å². The third-order valence-electron chi connectivity index (χ3n) is 4.60. The lowest BCUT2D eigenvalue weighted by atomic mass is 9.94. The molecule has 0 spiro atoms. The van der Waals surface area contributed by atoms with Crippen LogP contribution in [-0.2, 0) is 13.0 Å². The second-order valence-corrected chi connectivity index (χ2v) is 6.20. The molecule has 2 heteroatoms. The van der Waals surface area contributed by atoms with Gasteiger partial charge in [0, 0.05) is 18.7 Å². The summed E-state index contributed by atoms with van der Waals surface area (Å²) in [6.45, 7) is 1.46. The molecule has 0 unspecified atom stereocenters. The van der Waals surface area contributed by atoms with Crippen LogP contribution >= 0.6 is 0 Å². The third kappa shape index (κ3) is 2.83. The predicted molar refractivity (Wildman–Crippen MR) is 96.8 cm³/mol. The highest BCUT2D eigenvalue weighted by Crippen LogP contribution is 2.27. The van der Waals surface area contributed by atoms with E-state index in [1.807, 2.05) is 47.4 Å². The largest absolute Gasteiger partial charge is 0.334 e. The maximum absolute atomic E-state index is 12.9. The number of amides is 1. The minimum absolute atomic E-state index is 0.137. The normalized spacial score (nSPS) is 13.7. The van der Waals surface area contributed by atoms with Crippen LogP contribution in [0, 0.1) is 0 Å². The zero-order chi connectivity index (χ0) is 16.4. The molecule has 24 heavy (non-hydrogen) atoms. The molecule has 0 saturated carbocycles. The van der Waals surface area contributed by atoms with Gasteiger partial charge in [0.25, 0.3) is 5.91 Å². The molecule has 0 atom stereocenters. The fraction of sp³-hybridized carbons (Fsp3) is 0.136. The quantitative estimate of drug-likeness (QED) is 0.694. The zero-order valence-electron chi connectivity index (χ0n) is 13.5. The lowest BCUT2D eigenvalue weighted by molar-refractivity contribution is 0.0727. The van der Waals surface area contributed by atoms with E-state index in [9.17, 15) is 4.79 Å². The molecule has 0 bridgehead atoms. The van der Waals surface area contributed by atoms with Crippen LogP contribution in [0.5, 0.6) is 0 Å². The molecule has 0 fully saturated rings. The summed E-state index contributed by atoms with van der Waals surface area (Å²) >= 11 is 0. The van der Waals surface area contributed by atoms with Gasteiger partial charge in [0.15, 0.2) is 0 Å². The summed E-state index contributed by atoms with van der Waals surface area (Å²) in [5.74, 6) is 0.137. The molecule has 2 nitrogen and oxygen atoms in total. The van der Waals surface area contributed by atoms with E-state index >= 15 is 0 Å². The molecule has 0 aliphatic carbocycles. The van der Waals surface area contributed by atoms with Gasteiger partial charge in [-0.1, -0.05) is 72.8 Å². The van der Waals surface area contributed by atoms with Crippen LogP contribution < -0.4 is 0 Å². The monoisotopic (exact) mass is 313 g/mol. The molecule has 1 amide bonds. The molecule has 3 aromatic rings. The van der Waals surface area contributed by atoms with E-state index in [1.165, 1.54) is 5.56 Å². The second-order valence-electron chi connectivity index (χ2n) is 6.20. The molecule has 0 radical (unpaired) electrons. The summed E-state index contributed by atoms with van der Waals surface area (Å²) in [6, 6.07) is 26.7. The van der Waals surface area contributed by atoms with Gasteiger partial charge in [0.1, 0.15) is 0 Å². The Kier molecular flexibility index (Phi) is 3.87. The van der Waals surface area contributed by atoms with E-state index in [0.717, 1.165) is 35.2 Å². The van der Waals surface area contributed by atoms with Gasteiger partial charge in [-0.15, -0.1) is 0 Å². The molecule has 0 saturated heterocycles. The van der Waals surface area contributed by atoms with Gasteiger partial charge in [-0.3, -0.25) is 4.79 Å². The van der Waals surface area contributed by atoms with Gasteiger partial charge >= 0.3 is 0 Å². The smallest absolute Gasteiger partial charge is 0.254 e. The Morgan fingerprint density at radius 1 is 0.792 bits per heavy atom. The van der Waals surface area contributed by atoms with E-state index in [0.29, 0.717) is 6.54 Å². The van der Waals surface area contributed by atoms with E-state index in [1.54, 1.807) is 0 Å². The number of benzene rings is 3. The molecule has 0 N–H and O–H groups in total. The SMILES string of the molecule is O=C1c2cc(-c3ccccc3)ccc2CCN1Cc1ccccc1. The number of hydrogen-bond donors (Lipinski definition) is 0. The molecule has 118 valence electrons. The van der Waals surface area contributed by atoms with Crippen molar-refractivity contribution in [3.05, 3.63) is 95.6 Å². The van der Waals surface area contributed by atoms with Crippen molar-refractivity contribution in [3.63, 3.8) is 0 Å². The molecular formula is C22H19NO.